The molecule has 7 aromatic rings. The molecule has 0 aliphatic heterocycles. The molecule has 0 aromatic heterocycles. The lowest BCUT2D eigenvalue weighted by Crippen LogP contribution is -2.21. The third kappa shape index (κ3) is 11.9. The maximum absolute atomic E-state index is 4.19. The molecule has 0 saturated carbocycles. The van der Waals surface area contributed by atoms with Crippen LogP contribution in [0.25, 0.3) is 46.1 Å². The topological polar surface area (TPSA) is 6.48 Å². The van der Waals surface area contributed by atoms with Gasteiger partial charge >= 0.3 is 0 Å². The van der Waals surface area contributed by atoms with Crippen LogP contribution in [-0.2, 0) is 0 Å². The first-order valence-corrected chi connectivity index (χ1v) is 21.6. The van der Waals surface area contributed by atoms with Crippen molar-refractivity contribution in [3.8, 4) is 22.3 Å². The second-order valence-corrected chi connectivity index (χ2v) is 15.0. The Balaban J connectivity index is 1.24. The maximum atomic E-state index is 4.19. The zero-order valence-electron chi connectivity index (χ0n) is 36.2. The van der Waals surface area contributed by atoms with Gasteiger partial charge in [0.05, 0.1) is 5.69 Å². The second-order valence-electron chi connectivity index (χ2n) is 15.0. The first kappa shape index (κ1) is 43.2. The molecule has 0 fully saturated rings. The molecule has 0 N–H and O–H groups in total. The summed E-state index contributed by atoms with van der Waals surface area (Å²) in [5, 5.41) is 2.12. The van der Waals surface area contributed by atoms with Crippen LogP contribution in [-0.4, -0.2) is 11.4 Å². The monoisotopic (exact) mass is 814 g/mol. The van der Waals surface area contributed by atoms with E-state index in [0.29, 0.717) is 6.54 Å². The molecule has 0 aliphatic rings. The fourth-order valence-corrected chi connectivity index (χ4v) is 7.38. The van der Waals surface area contributed by atoms with E-state index in [2.05, 4.69) is 272 Å². The van der Waals surface area contributed by atoms with Crippen LogP contribution in [0.4, 0.5) is 17.1 Å². The molecular formula is C61H54N2. The highest BCUT2D eigenvalue weighted by atomic mass is 15.1. The quantitative estimate of drug-likeness (QED) is 0.0897. The van der Waals surface area contributed by atoms with Gasteiger partial charge in [0.25, 0.3) is 0 Å². The molecule has 0 spiro atoms. The molecule has 7 aromatic carbocycles. The van der Waals surface area contributed by atoms with Crippen LogP contribution in [0.15, 0.2) is 261 Å². The van der Waals surface area contributed by atoms with Crippen LogP contribution in [0.5, 0.6) is 0 Å². The average Bonchev–Trinajstić information content (AvgIpc) is 3.34. The summed E-state index contributed by atoms with van der Waals surface area (Å²) in [5.41, 5.74) is 12.5. The summed E-state index contributed by atoms with van der Waals surface area (Å²) in [6, 6.07) is 66.3. The zero-order chi connectivity index (χ0) is 43.5. The van der Waals surface area contributed by atoms with Crippen molar-refractivity contribution in [3.63, 3.8) is 0 Å². The minimum absolute atomic E-state index is 0.665. The highest BCUT2D eigenvalue weighted by Crippen LogP contribution is 2.41. The van der Waals surface area contributed by atoms with Crippen molar-refractivity contribution in [2.75, 3.05) is 11.4 Å². The Morgan fingerprint density at radius 1 is 0.492 bits per heavy atom. The van der Waals surface area contributed by atoms with E-state index in [-0.39, 0.29) is 0 Å². The summed E-state index contributed by atoms with van der Waals surface area (Å²) in [6.45, 7) is 8.95. The Bertz CT molecular complexity index is 2860. The van der Waals surface area contributed by atoms with Gasteiger partial charge in [-0.05, 0) is 99.7 Å². The van der Waals surface area contributed by atoms with Crippen molar-refractivity contribution in [1.29, 1.82) is 0 Å². The van der Waals surface area contributed by atoms with Crippen LogP contribution in [0.2, 0.25) is 0 Å². The van der Waals surface area contributed by atoms with Crippen LogP contribution < -0.4 is 15.3 Å². The molecule has 7 rings (SSSR count). The van der Waals surface area contributed by atoms with Crippen molar-refractivity contribution in [3.05, 3.63) is 283 Å². The van der Waals surface area contributed by atoms with Gasteiger partial charge in [-0.2, -0.15) is 0 Å². The van der Waals surface area contributed by atoms with E-state index in [1.54, 1.807) is 0 Å². The van der Waals surface area contributed by atoms with Crippen molar-refractivity contribution >= 4 is 40.9 Å². The van der Waals surface area contributed by atoms with E-state index in [0.717, 1.165) is 55.3 Å². The van der Waals surface area contributed by atoms with E-state index < -0.39 is 0 Å². The number of hydrogen-bond donors (Lipinski definition) is 0. The number of para-hydroxylation sites is 2. The molecule has 0 unspecified atom stereocenters. The Morgan fingerprint density at radius 2 is 1.10 bits per heavy atom. The molecular weight excluding hydrogens is 761 g/mol. The van der Waals surface area contributed by atoms with Gasteiger partial charge in [0.1, 0.15) is 0 Å². The molecule has 0 heterocycles. The number of allylic oxidation sites excluding steroid dienone is 11. The SMILES string of the molecule is C=c1cccc/c1=C/C=C\CN(/C=C(/C=C\C=C/C)c1ccc(-c2ccccc2N(c2ccccc2)c2ccc(-c3ccccc3)cc2)cc1)/C=C/C=C(\C=C/C)c1ccccc1. The normalized spacial score (nSPS) is 12.7. The fraction of sp³-hybridized carbons (Fsp3) is 0.0492. The van der Waals surface area contributed by atoms with Gasteiger partial charge in [-0.3, -0.25) is 0 Å². The highest BCUT2D eigenvalue weighted by Gasteiger charge is 2.17. The van der Waals surface area contributed by atoms with E-state index in [1.165, 1.54) is 16.7 Å². The highest BCUT2D eigenvalue weighted by molar-refractivity contribution is 5.89. The third-order valence-electron chi connectivity index (χ3n) is 10.6. The maximum Gasteiger partial charge on any atom is 0.0540 e. The van der Waals surface area contributed by atoms with Crippen molar-refractivity contribution in [1.82, 2.24) is 4.90 Å². The van der Waals surface area contributed by atoms with Crippen molar-refractivity contribution < 1.29 is 0 Å². The van der Waals surface area contributed by atoms with Gasteiger partial charge in [0.2, 0.25) is 0 Å². The van der Waals surface area contributed by atoms with Gasteiger partial charge in [-0.1, -0.05) is 225 Å². The van der Waals surface area contributed by atoms with Crippen LogP contribution >= 0.6 is 0 Å². The number of nitrogens with zero attached hydrogens (tertiary/aromatic N) is 2. The van der Waals surface area contributed by atoms with Crippen LogP contribution in [0.3, 0.4) is 0 Å². The number of rotatable bonds is 16. The Morgan fingerprint density at radius 3 is 1.81 bits per heavy atom. The Kier molecular flexibility index (Phi) is 15.5. The molecule has 0 atom stereocenters. The number of hydrogen-bond acceptors (Lipinski definition) is 2. The fourth-order valence-electron chi connectivity index (χ4n) is 7.38. The van der Waals surface area contributed by atoms with Crippen LogP contribution in [0, 0.1) is 0 Å². The minimum atomic E-state index is 0.665. The predicted molar refractivity (Wildman–Crippen MR) is 274 cm³/mol. The zero-order valence-corrected chi connectivity index (χ0v) is 36.2. The van der Waals surface area contributed by atoms with E-state index >= 15 is 0 Å². The van der Waals surface area contributed by atoms with E-state index in [1.807, 2.05) is 25.1 Å². The lowest BCUT2D eigenvalue weighted by Gasteiger charge is -2.28. The third-order valence-corrected chi connectivity index (χ3v) is 10.6. The first-order chi connectivity index (χ1) is 31.1. The summed E-state index contributed by atoms with van der Waals surface area (Å²) in [6.07, 6.45) is 27.7. The summed E-state index contributed by atoms with van der Waals surface area (Å²) in [5.74, 6) is 0. The molecule has 2 nitrogen and oxygen atoms in total. The van der Waals surface area contributed by atoms with E-state index in [4.69, 9.17) is 0 Å². The Hall–Kier alpha value is -7.94. The summed E-state index contributed by atoms with van der Waals surface area (Å²) in [4.78, 5) is 4.58. The van der Waals surface area contributed by atoms with Gasteiger partial charge in [-0.15, -0.1) is 0 Å². The number of benzene rings is 7. The predicted octanol–water partition coefficient (Wildman–Crippen LogP) is 14.9. The average molecular weight is 815 g/mol. The smallest absolute Gasteiger partial charge is 0.0540 e. The molecule has 0 amide bonds. The molecule has 0 aliphatic carbocycles. The van der Waals surface area contributed by atoms with Gasteiger partial charge in [-0.25, -0.2) is 0 Å². The van der Waals surface area contributed by atoms with Crippen molar-refractivity contribution in [2.45, 2.75) is 13.8 Å². The molecule has 0 bridgehead atoms. The van der Waals surface area contributed by atoms with Crippen LogP contribution in [0.1, 0.15) is 25.0 Å². The molecule has 308 valence electrons. The molecule has 63 heavy (non-hydrogen) atoms. The molecule has 2 heteroatoms. The van der Waals surface area contributed by atoms with E-state index in [9.17, 15) is 0 Å². The van der Waals surface area contributed by atoms with Gasteiger partial charge in [0, 0.05) is 35.9 Å². The molecule has 0 radical (unpaired) electrons. The Labute approximate surface area is 374 Å². The summed E-state index contributed by atoms with van der Waals surface area (Å²) in [7, 11) is 0. The summed E-state index contributed by atoms with van der Waals surface area (Å²) < 4.78 is 0. The lowest BCUT2D eigenvalue weighted by atomic mass is 9.98. The standard InChI is InChI=1S/C61H54N2/c1-4-6-10-32-57(48-62(46-22-21-27-50-26-18-17-25-49(50)3)47-23-33-51(24-5-2)52-28-11-7-12-29-52)55-38-40-56(41-39-55)60-36-19-20-37-61(60)63(58-34-15-9-16-35-58)59-44-42-54(43-45-59)53-30-13-8-14-31-53/h4-45,47-48H,3,46H2,1-2H3/b6-4-,22-21-,24-5-,32-10-,47-23+,50-27-,51-33+,57-48-. The van der Waals surface area contributed by atoms with Gasteiger partial charge in [0.15, 0.2) is 0 Å². The molecule has 0 saturated heterocycles. The second kappa shape index (κ2) is 22.6. The first-order valence-electron chi connectivity index (χ1n) is 21.6. The minimum Gasteiger partial charge on any atom is -0.350 e. The number of anilines is 3. The van der Waals surface area contributed by atoms with Crippen molar-refractivity contribution in [2.24, 2.45) is 0 Å². The lowest BCUT2D eigenvalue weighted by molar-refractivity contribution is 0.568. The summed E-state index contributed by atoms with van der Waals surface area (Å²) >= 11 is 0. The largest absolute Gasteiger partial charge is 0.350 e. The van der Waals surface area contributed by atoms with Gasteiger partial charge < -0.3 is 9.80 Å².